The molecule has 7 nitrogen and oxygen atoms in total. The molecule has 1 aliphatic heterocycles. The van der Waals surface area contributed by atoms with Crippen molar-refractivity contribution in [2.24, 2.45) is 0 Å². The number of hydrogen-bond acceptors (Lipinski definition) is 6. The van der Waals surface area contributed by atoms with E-state index in [0.29, 0.717) is 5.69 Å². The van der Waals surface area contributed by atoms with Crippen LogP contribution in [0.1, 0.15) is 13.3 Å². The lowest BCUT2D eigenvalue weighted by Gasteiger charge is -2.40. The Morgan fingerprint density at radius 1 is 1.45 bits per heavy atom. The Labute approximate surface area is 115 Å². The van der Waals surface area contributed by atoms with Gasteiger partial charge in [-0.1, -0.05) is 0 Å². The molecule has 0 spiro atoms. The lowest BCUT2D eigenvalue weighted by Crippen LogP contribution is -2.58. The van der Waals surface area contributed by atoms with Crippen molar-refractivity contribution < 1.29 is 19.2 Å². The number of Topliss-reactive ketones (excluding diaryl/α,β-unsaturated/α-hetero) is 1. The van der Waals surface area contributed by atoms with E-state index in [2.05, 4.69) is 0 Å². The van der Waals surface area contributed by atoms with E-state index >= 15 is 0 Å². The summed E-state index contributed by atoms with van der Waals surface area (Å²) < 4.78 is 4.82. The molecule has 1 aromatic rings. The number of carbonyl (C=O) groups is 2. The maximum absolute atomic E-state index is 11.6. The van der Waals surface area contributed by atoms with Crippen LogP contribution in [0, 0.1) is 10.1 Å². The molecule has 0 N–H and O–H groups in total. The van der Waals surface area contributed by atoms with Gasteiger partial charge in [-0.2, -0.15) is 0 Å². The number of nitro groups is 1. The fraction of sp³-hybridized carbons (Fsp3) is 0.385. The minimum Gasteiger partial charge on any atom is -0.466 e. The van der Waals surface area contributed by atoms with Gasteiger partial charge in [0.2, 0.25) is 0 Å². The minimum atomic E-state index is -0.532. The topological polar surface area (TPSA) is 89.8 Å². The van der Waals surface area contributed by atoms with Crippen molar-refractivity contribution in [2.75, 3.05) is 18.1 Å². The molecular weight excluding hydrogens is 264 g/mol. The number of carbonyl (C=O) groups excluding carboxylic acids is 2. The van der Waals surface area contributed by atoms with Gasteiger partial charge < -0.3 is 9.64 Å². The van der Waals surface area contributed by atoms with Gasteiger partial charge in [0.15, 0.2) is 5.78 Å². The summed E-state index contributed by atoms with van der Waals surface area (Å²) in [6.45, 7) is 2.19. The van der Waals surface area contributed by atoms with E-state index in [1.165, 1.54) is 12.1 Å². The monoisotopic (exact) mass is 278 g/mol. The maximum atomic E-state index is 11.6. The van der Waals surface area contributed by atoms with Gasteiger partial charge in [0.05, 0.1) is 24.5 Å². The van der Waals surface area contributed by atoms with E-state index in [0.717, 1.165) is 0 Å². The molecule has 0 amide bonds. The van der Waals surface area contributed by atoms with Gasteiger partial charge in [0.1, 0.15) is 6.04 Å². The predicted molar refractivity (Wildman–Crippen MR) is 70.5 cm³/mol. The third-order valence-corrected chi connectivity index (χ3v) is 3.13. The Morgan fingerprint density at radius 2 is 2.10 bits per heavy atom. The fourth-order valence-corrected chi connectivity index (χ4v) is 2.08. The normalized spacial score (nSPS) is 17.6. The first-order valence-electron chi connectivity index (χ1n) is 6.22. The summed E-state index contributed by atoms with van der Waals surface area (Å²) in [4.78, 5) is 34.8. The lowest BCUT2D eigenvalue weighted by atomic mass is 9.97. The highest BCUT2D eigenvalue weighted by Crippen LogP contribution is 2.28. The largest absolute Gasteiger partial charge is 0.466 e. The van der Waals surface area contributed by atoms with Gasteiger partial charge in [-0.15, -0.1) is 0 Å². The number of ether oxygens (including phenoxy) is 1. The van der Waals surface area contributed by atoms with Crippen LogP contribution in [0.2, 0.25) is 0 Å². The van der Waals surface area contributed by atoms with Crippen molar-refractivity contribution in [2.45, 2.75) is 19.4 Å². The van der Waals surface area contributed by atoms with Gasteiger partial charge in [-0.05, 0) is 19.1 Å². The molecule has 1 aliphatic rings. The van der Waals surface area contributed by atoms with Crippen molar-refractivity contribution in [3.8, 4) is 0 Å². The third kappa shape index (κ3) is 2.76. The number of ketones is 1. The average molecular weight is 278 g/mol. The number of non-ortho nitro benzene ring substituents is 1. The van der Waals surface area contributed by atoms with Crippen LogP contribution >= 0.6 is 0 Å². The number of anilines is 1. The zero-order valence-corrected chi connectivity index (χ0v) is 10.9. The molecule has 106 valence electrons. The molecule has 0 aromatic heterocycles. The number of rotatable bonds is 5. The van der Waals surface area contributed by atoms with Crippen molar-refractivity contribution in [1.82, 2.24) is 0 Å². The van der Waals surface area contributed by atoms with Crippen LogP contribution in [0.25, 0.3) is 0 Å². The standard InChI is InChI=1S/C13H14N2O5/c1-2-20-13(17)7-11-12(16)8-14(11)9-3-5-10(6-4-9)15(18)19/h3-6,11H,2,7-8H2,1H3. The van der Waals surface area contributed by atoms with Gasteiger partial charge in [-0.3, -0.25) is 19.7 Å². The summed E-state index contributed by atoms with van der Waals surface area (Å²) in [6, 6.07) is 5.36. The molecule has 1 unspecified atom stereocenters. The SMILES string of the molecule is CCOC(=O)CC1C(=O)CN1c1ccc([N+](=O)[O-])cc1. The summed E-state index contributed by atoms with van der Waals surface area (Å²) in [5.74, 6) is -0.450. The number of benzene rings is 1. The number of nitro benzene ring substituents is 1. The summed E-state index contributed by atoms with van der Waals surface area (Å²) >= 11 is 0. The molecule has 0 radical (unpaired) electrons. The zero-order chi connectivity index (χ0) is 14.7. The highest BCUT2D eigenvalue weighted by atomic mass is 16.6. The first-order valence-corrected chi connectivity index (χ1v) is 6.22. The van der Waals surface area contributed by atoms with E-state index in [-0.39, 0.29) is 31.0 Å². The Balaban J connectivity index is 2.06. The maximum Gasteiger partial charge on any atom is 0.308 e. The first kappa shape index (κ1) is 14.0. The molecular formula is C13H14N2O5. The van der Waals surface area contributed by atoms with Crippen molar-refractivity contribution in [3.05, 3.63) is 34.4 Å². The van der Waals surface area contributed by atoms with Crippen LogP contribution in [0.3, 0.4) is 0 Å². The number of nitrogens with zero attached hydrogens (tertiary/aromatic N) is 2. The molecule has 2 rings (SSSR count). The molecule has 1 saturated heterocycles. The number of hydrogen-bond donors (Lipinski definition) is 0. The summed E-state index contributed by atoms with van der Waals surface area (Å²) in [5.41, 5.74) is 0.673. The lowest BCUT2D eigenvalue weighted by molar-refractivity contribution is -0.384. The molecule has 0 saturated carbocycles. The fourth-order valence-electron chi connectivity index (χ4n) is 2.08. The second-order valence-corrected chi connectivity index (χ2v) is 4.39. The molecule has 1 fully saturated rings. The first-order chi connectivity index (χ1) is 9.52. The van der Waals surface area contributed by atoms with Crippen LogP contribution in [0.15, 0.2) is 24.3 Å². The van der Waals surface area contributed by atoms with Gasteiger partial charge in [0.25, 0.3) is 5.69 Å². The molecule has 20 heavy (non-hydrogen) atoms. The van der Waals surface area contributed by atoms with Crippen LogP contribution in [-0.4, -0.2) is 35.9 Å². The highest BCUT2D eigenvalue weighted by molar-refractivity contribution is 6.01. The van der Waals surface area contributed by atoms with Crippen molar-refractivity contribution >= 4 is 23.1 Å². The highest BCUT2D eigenvalue weighted by Gasteiger charge is 2.39. The average Bonchev–Trinajstić information content (AvgIpc) is 2.42. The minimum absolute atomic E-state index is 0.00363. The zero-order valence-electron chi connectivity index (χ0n) is 10.9. The Kier molecular flexibility index (Phi) is 3.97. The Bertz CT molecular complexity index is 540. The van der Waals surface area contributed by atoms with E-state index < -0.39 is 16.9 Å². The smallest absolute Gasteiger partial charge is 0.308 e. The van der Waals surface area contributed by atoms with E-state index in [9.17, 15) is 19.7 Å². The third-order valence-electron chi connectivity index (χ3n) is 3.13. The molecule has 1 aromatic carbocycles. The van der Waals surface area contributed by atoms with Crippen LogP contribution in [0.4, 0.5) is 11.4 Å². The summed E-state index contributed by atoms with van der Waals surface area (Å²) in [7, 11) is 0. The quantitative estimate of drug-likeness (QED) is 0.458. The molecule has 0 aliphatic carbocycles. The van der Waals surface area contributed by atoms with Crippen LogP contribution in [-0.2, 0) is 14.3 Å². The van der Waals surface area contributed by atoms with Gasteiger partial charge in [0, 0.05) is 17.8 Å². The van der Waals surface area contributed by atoms with Crippen molar-refractivity contribution in [3.63, 3.8) is 0 Å². The van der Waals surface area contributed by atoms with Crippen molar-refractivity contribution in [1.29, 1.82) is 0 Å². The van der Waals surface area contributed by atoms with E-state index in [1.54, 1.807) is 24.0 Å². The van der Waals surface area contributed by atoms with Crippen LogP contribution < -0.4 is 4.90 Å². The molecule has 7 heteroatoms. The number of esters is 1. The predicted octanol–water partition coefficient (Wildman–Crippen LogP) is 1.31. The van der Waals surface area contributed by atoms with E-state index in [4.69, 9.17) is 4.74 Å². The second-order valence-electron chi connectivity index (χ2n) is 4.39. The van der Waals surface area contributed by atoms with E-state index in [1.807, 2.05) is 0 Å². The van der Waals surface area contributed by atoms with Crippen LogP contribution in [0.5, 0.6) is 0 Å². The Morgan fingerprint density at radius 3 is 2.60 bits per heavy atom. The molecule has 1 atom stereocenters. The second kappa shape index (κ2) is 5.68. The van der Waals surface area contributed by atoms with Gasteiger partial charge >= 0.3 is 5.97 Å². The van der Waals surface area contributed by atoms with Gasteiger partial charge in [-0.25, -0.2) is 0 Å². The molecule has 0 bridgehead atoms. The molecule has 1 heterocycles. The summed E-state index contributed by atoms with van der Waals surface area (Å²) in [5, 5.41) is 10.6. The summed E-state index contributed by atoms with van der Waals surface area (Å²) in [6.07, 6.45) is 0.00363. The Hall–Kier alpha value is -2.44.